The Labute approximate surface area is 339 Å². The number of hydrogen-bond donors (Lipinski definition) is 4. The van der Waals surface area contributed by atoms with Gasteiger partial charge in [-0.3, -0.25) is 14.4 Å². The highest BCUT2D eigenvalue weighted by Gasteiger charge is 2.31. The van der Waals surface area contributed by atoms with Crippen molar-refractivity contribution in [2.45, 2.75) is 89.9 Å². The number of amides is 4. The molecule has 13 heteroatoms. The molecule has 1 aliphatic rings. The number of methoxy groups -OCH3 is 3. The standard InChI is InChI=1S/C45H54N4O9/c1-27(50)47-36-26-31-25-29-17-9-12-20-33(29)38(40(31)56-6)37-32-19-11-8-16-28(32)24-30(39(37)55-5)18-10-13-22-35(43(53)57-7)49-41(51)34(48-42(36)52)21-14-15-23-46-44(54)58-45(2,3)4/h8-13,16-17,19-20,24-25,34-36H,14-15,18,21-23,26H2,1-7H3,(H,46,54)(H,47,50)(H,48,52)(H,49,51)/t34-,35+,36?/m1/s1. The molecule has 308 valence electrons. The SMILES string of the molecule is COC(=O)[C@@H]1CC=CCc2cc3ccccc3c(c2OC)-c2c(OC)c(cc3ccccc23)CC(NC(C)=O)C(=O)N[C@H](CCCCNC(=O)OC(C)(C)C)C(=O)N1. The fraction of sp³-hybridized carbons (Fsp3) is 0.400. The molecule has 4 aromatic carbocycles. The Morgan fingerprint density at radius 2 is 1.40 bits per heavy atom. The van der Waals surface area contributed by atoms with E-state index in [9.17, 15) is 24.0 Å². The van der Waals surface area contributed by atoms with E-state index in [1.54, 1.807) is 41.1 Å². The molecule has 0 saturated carbocycles. The molecular formula is C45H54N4O9. The first-order valence-corrected chi connectivity index (χ1v) is 19.5. The van der Waals surface area contributed by atoms with E-state index >= 15 is 0 Å². The van der Waals surface area contributed by atoms with Gasteiger partial charge in [0.2, 0.25) is 17.7 Å². The summed E-state index contributed by atoms with van der Waals surface area (Å²) in [7, 11) is 4.44. The van der Waals surface area contributed by atoms with Gasteiger partial charge >= 0.3 is 12.1 Å². The largest absolute Gasteiger partial charge is 0.496 e. The lowest BCUT2D eigenvalue weighted by Crippen LogP contribution is -2.56. The number of carbonyl (C=O) groups excluding carboxylic acids is 5. The maximum atomic E-state index is 14.3. The Hall–Kier alpha value is -6.11. The van der Waals surface area contributed by atoms with Crippen LogP contribution in [0.2, 0.25) is 0 Å². The molecule has 4 bridgehead atoms. The Kier molecular flexibility index (Phi) is 14.4. The van der Waals surface area contributed by atoms with Crippen LogP contribution in [0.5, 0.6) is 11.5 Å². The molecule has 0 radical (unpaired) electrons. The molecule has 1 aliphatic heterocycles. The number of rotatable bonds is 9. The zero-order valence-corrected chi connectivity index (χ0v) is 34.3. The van der Waals surface area contributed by atoms with E-state index in [0.717, 1.165) is 38.2 Å². The third-order valence-corrected chi connectivity index (χ3v) is 9.83. The van der Waals surface area contributed by atoms with Crippen molar-refractivity contribution < 1.29 is 42.9 Å². The molecule has 0 fully saturated rings. The molecule has 5 rings (SSSR count). The van der Waals surface area contributed by atoms with E-state index in [-0.39, 0.29) is 25.8 Å². The van der Waals surface area contributed by atoms with Crippen LogP contribution in [-0.2, 0) is 41.5 Å². The Balaban J connectivity index is 1.63. The number of allylic oxidation sites excluding steroid dienone is 1. The van der Waals surface area contributed by atoms with Gasteiger partial charge in [-0.1, -0.05) is 60.7 Å². The molecule has 0 spiro atoms. The van der Waals surface area contributed by atoms with Crippen LogP contribution in [0.1, 0.15) is 64.5 Å². The number of fused-ring (bicyclic) bond motifs is 9. The predicted molar refractivity (Wildman–Crippen MR) is 223 cm³/mol. The van der Waals surface area contributed by atoms with Gasteiger partial charge in [-0.05, 0) is 97.7 Å². The summed E-state index contributed by atoms with van der Waals surface area (Å²) < 4.78 is 22.8. The van der Waals surface area contributed by atoms with Crippen LogP contribution in [0.3, 0.4) is 0 Å². The minimum absolute atomic E-state index is 0.00797. The molecule has 4 N–H and O–H groups in total. The topological polar surface area (TPSA) is 170 Å². The molecule has 4 aromatic rings. The van der Waals surface area contributed by atoms with Gasteiger partial charge in [-0.25, -0.2) is 9.59 Å². The normalized spacial score (nSPS) is 17.6. The summed E-state index contributed by atoms with van der Waals surface area (Å²) in [5, 5.41) is 14.8. The van der Waals surface area contributed by atoms with Crippen molar-refractivity contribution in [3.05, 3.63) is 83.9 Å². The lowest BCUT2D eigenvalue weighted by Gasteiger charge is -2.26. The zero-order chi connectivity index (χ0) is 42.0. The third-order valence-electron chi connectivity index (χ3n) is 9.83. The van der Waals surface area contributed by atoms with Crippen molar-refractivity contribution >= 4 is 51.3 Å². The lowest BCUT2D eigenvalue weighted by atomic mass is 9.87. The summed E-state index contributed by atoms with van der Waals surface area (Å²) in [6.45, 7) is 6.90. The highest BCUT2D eigenvalue weighted by atomic mass is 16.6. The van der Waals surface area contributed by atoms with Crippen molar-refractivity contribution in [3.8, 4) is 22.6 Å². The third kappa shape index (κ3) is 10.6. The molecule has 0 aliphatic carbocycles. The van der Waals surface area contributed by atoms with Crippen LogP contribution < -0.4 is 30.7 Å². The maximum Gasteiger partial charge on any atom is 0.407 e. The van der Waals surface area contributed by atoms with E-state index in [2.05, 4.69) is 27.3 Å². The molecule has 1 unspecified atom stereocenters. The van der Waals surface area contributed by atoms with Crippen LogP contribution >= 0.6 is 0 Å². The van der Waals surface area contributed by atoms with Crippen molar-refractivity contribution in [1.29, 1.82) is 0 Å². The van der Waals surface area contributed by atoms with Crippen LogP contribution in [0.15, 0.2) is 72.8 Å². The molecule has 4 amide bonds. The van der Waals surface area contributed by atoms with E-state index < -0.39 is 53.5 Å². The summed E-state index contributed by atoms with van der Waals surface area (Å²) >= 11 is 0. The number of benzene rings is 4. The molecule has 0 aromatic heterocycles. The van der Waals surface area contributed by atoms with Crippen LogP contribution in [0.4, 0.5) is 4.79 Å². The molecule has 13 nitrogen and oxygen atoms in total. The van der Waals surface area contributed by atoms with Gasteiger partial charge in [-0.15, -0.1) is 0 Å². The fourth-order valence-electron chi connectivity index (χ4n) is 7.30. The Morgan fingerprint density at radius 1 is 0.793 bits per heavy atom. The van der Waals surface area contributed by atoms with Crippen molar-refractivity contribution in [1.82, 2.24) is 21.3 Å². The lowest BCUT2D eigenvalue weighted by molar-refractivity contribution is -0.145. The highest BCUT2D eigenvalue weighted by molar-refractivity contribution is 6.11. The average Bonchev–Trinajstić information content (AvgIpc) is 3.18. The van der Waals surface area contributed by atoms with Gasteiger partial charge < -0.3 is 40.2 Å². The first-order chi connectivity index (χ1) is 27.7. The highest BCUT2D eigenvalue weighted by Crippen LogP contribution is 2.48. The van der Waals surface area contributed by atoms with E-state index in [1.807, 2.05) is 60.7 Å². The summed E-state index contributed by atoms with van der Waals surface area (Å²) in [6, 6.07) is 16.6. The van der Waals surface area contributed by atoms with Gasteiger partial charge in [0.05, 0.1) is 21.3 Å². The van der Waals surface area contributed by atoms with Crippen molar-refractivity contribution in [2.75, 3.05) is 27.9 Å². The average molecular weight is 795 g/mol. The molecular weight excluding hydrogens is 741 g/mol. The number of hydrogen-bond acceptors (Lipinski definition) is 9. The second-order valence-corrected chi connectivity index (χ2v) is 15.3. The first-order valence-electron chi connectivity index (χ1n) is 19.5. The number of ether oxygens (including phenoxy) is 4. The number of nitrogens with one attached hydrogen (secondary N) is 4. The molecule has 0 saturated heterocycles. The first kappa shape index (κ1) is 43.0. The Morgan fingerprint density at radius 3 is 1.98 bits per heavy atom. The second-order valence-electron chi connectivity index (χ2n) is 15.3. The number of alkyl carbamates (subject to hydrolysis) is 1. The minimum atomic E-state index is -1.13. The van der Waals surface area contributed by atoms with Crippen LogP contribution in [-0.4, -0.2) is 81.4 Å². The quantitative estimate of drug-likeness (QED) is 0.0893. The fourth-order valence-corrected chi connectivity index (χ4v) is 7.30. The van der Waals surface area contributed by atoms with E-state index in [0.29, 0.717) is 36.3 Å². The van der Waals surface area contributed by atoms with E-state index in [4.69, 9.17) is 18.9 Å². The number of esters is 1. The number of carbonyl (C=O) groups is 5. The van der Waals surface area contributed by atoms with Crippen molar-refractivity contribution in [3.63, 3.8) is 0 Å². The smallest absolute Gasteiger partial charge is 0.407 e. The summed E-state index contributed by atoms with van der Waals surface area (Å²) in [5.41, 5.74) is 2.43. The van der Waals surface area contributed by atoms with Crippen LogP contribution in [0.25, 0.3) is 32.7 Å². The van der Waals surface area contributed by atoms with Gasteiger partial charge in [-0.2, -0.15) is 0 Å². The van der Waals surface area contributed by atoms with Crippen LogP contribution in [0, 0.1) is 0 Å². The summed E-state index contributed by atoms with van der Waals surface area (Å²) in [6.07, 6.45) is 4.75. The van der Waals surface area contributed by atoms with E-state index in [1.165, 1.54) is 14.0 Å². The molecule has 58 heavy (non-hydrogen) atoms. The second kappa shape index (κ2) is 19.4. The van der Waals surface area contributed by atoms with Crippen molar-refractivity contribution in [2.24, 2.45) is 0 Å². The molecule has 3 atom stereocenters. The summed E-state index contributed by atoms with van der Waals surface area (Å²) in [4.78, 5) is 66.2. The predicted octanol–water partition coefficient (Wildman–Crippen LogP) is 6.06. The van der Waals surface area contributed by atoms with Gasteiger partial charge in [0.15, 0.2) is 0 Å². The summed E-state index contributed by atoms with van der Waals surface area (Å²) in [5.74, 6) is -1.19. The maximum absolute atomic E-state index is 14.3. The minimum Gasteiger partial charge on any atom is -0.496 e. The molecule has 1 heterocycles. The Bertz CT molecular complexity index is 2190. The number of unbranched alkanes of at least 4 members (excludes halogenated alkanes) is 1. The monoisotopic (exact) mass is 794 g/mol. The van der Waals surface area contributed by atoms with Gasteiger partial charge in [0, 0.05) is 31.0 Å². The van der Waals surface area contributed by atoms with Gasteiger partial charge in [0.25, 0.3) is 0 Å². The zero-order valence-electron chi connectivity index (χ0n) is 34.3. The van der Waals surface area contributed by atoms with Gasteiger partial charge in [0.1, 0.15) is 35.2 Å².